The number of urea groups is 1. The Labute approximate surface area is 145 Å². The van der Waals surface area contributed by atoms with Gasteiger partial charge in [-0.1, -0.05) is 11.6 Å². The molecular formula is C17H19ClN4O2. The Morgan fingerprint density at radius 3 is 2.42 bits per heavy atom. The molecule has 3 rings (SSSR count). The lowest BCUT2D eigenvalue weighted by Gasteiger charge is -2.28. The topological polar surface area (TPSA) is 76.1 Å². The molecule has 0 spiro atoms. The van der Waals surface area contributed by atoms with Crippen LogP contribution in [0.1, 0.15) is 25.7 Å². The Kier molecular flexibility index (Phi) is 5.48. The summed E-state index contributed by atoms with van der Waals surface area (Å²) in [5.74, 6) is 0. The molecule has 1 saturated carbocycles. The summed E-state index contributed by atoms with van der Waals surface area (Å²) in [6, 6.07) is 9.14. The third kappa shape index (κ3) is 4.83. The van der Waals surface area contributed by atoms with Crippen molar-refractivity contribution in [1.82, 2.24) is 15.3 Å². The molecule has 2 aromatic rings. The summed E-state index contributed by atoms with van der Waals surface area (Å²) in [5, 5.41) is 6.44. The summed E-state index contributed by atoms with van der Waals surface area (Å²) in [4.78, 5) is 20.2. The number of carbonyl (C=O) groups is 1. The van der Waals surface area contributed by atoms with Gasteiger partial charge in [0.25, 0.3) is 0 Å². The maximum Gasteiger partial charge on any atom is 0.319 e. The maximum atomic E-state index is 12.0. The van der Waals surface area contributed by atoms with Gasteiger partial charge in [0.15, 0.2) is 0 Å². The normalized spacial score (nSPS) is 20.2. The van der Waals surface area contributed by atoms with Crippen LogP contribution in [0.25, 0.3) is 0 Å². The van der Waals surface area contributed by atoms with E-state index in [1.54, 1.807) is 42.7 Å². The third-order valence-corrected chi connectivity index (χ3v) is 4.18. The Balaban J connectivity index is 1.41. The summed E-state index contributed by atoms with van der Waals surface area (Å²) < 4.78 is 5.75. The van der Waals surface area contributed by atoms with Gasteiger partial charge in [0.05, 0.1) is 0 Å². The summed E-state index contributed by atoms with van der Waals surface area (Å²) in [6.45, 7) is 0. The number of anilines is 1. The van der Waals surface area contributed by atoms with Crippen LogP contribution in [-0.2, 0) is 0 Å². The van der Waals surface area contributed by atoms with Gasteiger partial charge >= 0.3 is 12.0 Å². The molecule has 2 amide bonds. The van der Waals surface area contributed by atoms with Crippen molar-refractivity contribution in [2.75, 3.05) is 5.32 Å². The number of nitrogens with zero attached hydrogens (tertiary/aromatic N) is 2. The van der Waals surface area contributed by atoms with E-state index in [2.05, 4.69) is 20.6 Å². The molecule has 1 heterocycles. The monoisotopic (exact) mass is 346 g/mol. The number of amides is 2. The minimum absolute atomic E-state index is 0.102. The van der Waals surface area contributed by atoms with Gasteiger partial charge in [0.2, 0.25) is 0 Å². The molecule has 126 valence electrons. The van der Waals surface area contributed by atoms with Crippen LogP contribution >= 0.6 is 11.6 Å². The van der Waals surface area contributed by atoms with E-state index in [9.17, 15) is 4.79 Å². The fraction of sp³-hybridized carbons (Fsp3) is 0.353. The van der Waals surface area contributed by atoms with Gasteiger partial charge in [-0.25, -0.2) is 14.8 Å². The molecular weight excluding hydrogens is 328 g/mol. The lowest BCUT2D eigenvalue weighted by molar-refractivity contribution is 0.129. The first-order valence-electron chi connectivity index (χ1n) is 7.96. The largest absolute Gasteiger partial charge is 0.460 e. The third-order valence-electron chi connectivity index (χ3n) is 3.93. The van der Waals surface area contributed by atoms with Crippen molar-refractivity contribution in [1.29, 1.82) is 0 Å². The van der Waals surface area contributed by atoms with Crippen molar-refractivity contribution < 1.29 is 9.53 Å². The SMILES string of the molecule is O=C(Nc1ccc(Cl)cc1)NC1CCC(Oc2ncccn2)CC1. The highest BCUT2D eigenvalue weighted by Crippen LogP contribution is 2.22. The Morgan fingerprint density at radius 2 is 1.75 bits per heavy atom. The summed E-state index contributed by atoms with van der Waals surface area (Å²) >= 11 is 5.83. The van der Waals surface area contributed by atoms with E-state index >= 15 is 0 Å². The van der Waals surface area contributed by atoms with Crippen LogP contribution in [-0.4, -0.2) is 28.1 Å². The molecule has 6 nitrogen and oxygen atoms in total. The second kappa shape index (κ2) is 7.97. The number of nitrogens with one attached hydrogen (secondary N) is 2. The molecule has 7 heteroatoms. The van der Waals surface area contributed by atoms with Crippen molar-refractivity contribution in [2.45, 2.75) is 37.8 Å². The molecule has 1 aliphatic carbocycles. The molecule has 1 fully saturated rings. The second-order valence-electron chi connectivity index (χ2n) is 5.73. The number of hydrogen-bond acceptors (Lipinski definition) is 4. The fourth-order valence-electron chi connectivity index (χ4n) is 2.71. The molecule has 0 bridgehead atoms. The van der Waals surface area contributed by atoms with Crippen molar-refractivity contribution in [3.8, 4) is 6.01 Å². The molecule has 1 aromatic carbocycles. The molecule has 0 unspecified atom stereocenters. The lowest BCUT2D eigenvalue weighted by atomic mass is 9.93. The van der Waals surface area contributed by atoms with Gasteiger partial charge < -0.3 is 15.4 Å². The predicted molar refractivity (Wildman–Crippen MR) is 92.3 cm³/mol. The Hall–Kier alpha value is -2.34. The quantitative estimate of drug-likeness (QED) is 0.886. The highest BCUT2D eigenvalue weighted by molar-refractivity contribution is 6.30. The zero-order chi connectivity index (χ0) is 16.8. The molecule has 24 heavy (non-hydrogen) atoms. The van der Waals surface area contributed by atoms with E-state index in [0.717, 1.165) is 31.4 Å². The van der Waals surface area contributed by atoms with Crippen molar-refractivity contribution >= 4 is 23.3 Å². The number of halogens is 1. The first kappa shape index (κ1) is 16.5. The van der Waals surface area contributed by atoms with Gasteiger partial charge in [0.1, 0.15) is 6.10 Å². The first-order chi connectivity index (χ1) is 11.7. The predicted octanol–water partition coefficient (Wildman–Crippen LogP) is 3.64. The molecule has 0 atom stereocenters. The van der Waals surface area contributed by atoms with E-state index in [0.29, 0.717) is 11.0 Å². The van der Waals surface area contributed by atoms with Crippen LogP contribution in [0.3, 0.4) is 0 Å². The molecule has 1 aliphatic rings. The van der Waals surface area contributed by atoms with Gasteiger partial charge in [-0.05, 0) is 56.0 Å². The van der Waals surface area contributed by atoms with E-state index in [1.165, 1.54) is 0 Å². The Bertz CT molecular complexity index is 658. The smallest absolute Gasteiger partial charge is 0.319 e. The van der Waals surface area contributed by atoms with Crippen molar-refractivity contribution in [3.63, 3.8) is 0 Å². The zero-order valence-electron chi connectivity index (χ0n) is 13.1. The van der Waals surface area contributed by atoms with Gasteiger partial charge in [-0.3, -0.25) is 0 Å². The van der Waals surface area contributed by atoms with Crippen LogP contribution in [0.4, 0.5) is 10.5 Å². The number of carbonyl (C=O) groups excluding carboxylic acids is 1. The second-order valence-corrected chi connectivity index (χ2v) is 6.16. The first-order valence-corrected chi connectivity index (χ1v) is 8.33. The van der Waals surface area contributed by atoms with E-state index < -0.39 is 0 Å². The lowest BCUT2D eigenvalue weighted by Crippen LogP contribution is -2.41. The van der Waals surface area contributed by atoms with Gasteiger partial charge in [-0.15, -0.1) is 0 Å². The van der Waals surface area contributed by atoms with E-state index in [-0.39, 0.29) is 18.2 Å². The molecule has 1 aromatic heterocycles. The average Bonchev–Trinajstić information content (AvgIpc) is 2.60. The number of benzene rings is 1. The van der Waals surface area contributed by atoms with Crippen LogP contribution in [0.15, 0.2) is 42.7 Å². The van der Waals surface area contributed by atoms with E-state index in [1.807, 2.05) is 0 Å². The van der Waals surface area contributed by atoms with Crippen LogP contribution in [0.2, 0.25) is 5.02 Å². The zero-order valence-corrected chi connectivity index (χ0v) is 13.9. The Morgan fingerprint density at radius 1 is 1.08 bits per heavy atom. The summed E-state index contributed by atoms with van der Waals surface area (Å²) in [7, 11) is 0. The van der Waals surface area contributed by atoms with Gasteiger partial charge in [-0.2, -0.15) is 0 Å². The highest BCUT2D eigenvalue weighted by Gasteiger charge is 2.24. The molecule has 0 radical (unpaired) electrons. The van der Waals surface area contributed by atoms with Crippen LogP contribution in [0.5, 0.6) is 6.01 Å². The minimum Gasteiger partial charge on any atom is -0.460 e. The van der Waals surface area contributed by atoms with Crippen molar-refractivity contribution in [3.05, 3.63) is 47.7 Å². The average molecular weight is 347 g/mol. The highest BCUT2D eigenvalue weighted by atomic mass is 35.5. The fourth-order valence-corrected chi connectivity index (χ4v) is 2.83. The maximum absolute atomic E-state index is 12.0. The summed E-state index contributed by atoms with van der Waals surface area (Å²) in [5.41, 5.74) is 0.718. The van der Waals surface area contributed by atoms with Crippen LogP contribution in [0, 0.1) is 0 Å². The number of rotatable bonds is 4. The minimum atomic E-state index is -0.201. The number of aromatic nitrogens is 2. The standard InChI is InChI=1S/C17H19ClN4O2/c18-12-2-4-13(5-3-12)21-16(23)22-14-6-8-15(9-7-14)24-17-19-10-1-11-20-17/h1-5,10-11,14-15H,6-9H2,(H2,21,22,23). The van der Waals surface area contributed by atoms with Gasteiger partial charge in [0, 0.05) is 29.1 Å². The molecule has 0 saturated heterocycles. The molecule has 0 aliphatic heterocycles. The number of hydrogen-bond donors (Lipinski definition) is 2. The molecule has 2 N–H and O–H groups in total. The summed E-state index contributed by atoms with van der Waals surface area (Å²) in [6.07, 6.45) is 6.89. The number of ether oxygens (including phenoxy) is 1. The van der Waals surface area contributed by atoms with Crippen molar-refractivity contribution in [2.24, 2.45) is 0 Å². The van der Waals surface area contributed by atoms with E-state index in [4.69, 9.17) is 16.3 Å². The van der Waals surface area contributed by atoms with Crippen LogP contribution < -0.4 is 15.4 Å².